The summed E-state index contributed by atoms with van der Waals surface area (Å²) >= 11 is 5.27. The Morgan fingerprint density at radius 3 is 2.56 bits per heavy atom. The van der Waals surface area contributed by atoms with E-state index in [1.165, 1.54) is 5.56 Å². The van der Waals surface area contributed by atoms with Gasteiger partial charge in [0, 0.05) is 48.6 Å². The third-order valence-corrected chi connectivity index (χ3v) is 6.26. The standard InChI is InChI=1S/C18H29BrN2O3S/c1-17(2,3)24-16(22)21-7-5-18(6-8-21,13-23-4)12-20-9-14-10-25-11-15(14)19/h10-11,20H,5-9,12-13H2,1-4H3. The van der Waals surface area contributed by atoms with Crippen LogP contribution in [0.4, 0.5) is 4.79 Å². The van der Waals surface area contributed by atoms with Gasteiger partial charge in [0.1, 0.15) is 5.60 Å². The molecule has 1 amide bonds. The van der Waals surface area contributed by atoms with Crippen LogP contribution >= 0.6 is 27.3 Å². The fourth-order valence-electron chi connectivity index (χ4n) is 3.06. The van der Waals surface area contributed by atoms with Crippen LogP contribution in [0.3, 0.4) is 0 Å². The average Bonchev–Trinajstić information content (AvgIpc) is 2.92. The van der Waals surface area contributed by atoms with Crippen LogP contribution in [0.15, 0.2) is 15.2 Å². The maximum absolute atomic E-state index is 12.2. The van der Waals surface area contributed by atoms with E-state index in [1.54, 1.807) is 18.4 Å². The van der Waals surface area contributed by atoms with Gasteiger partial charge in [0.2, 0.25) is 0 Å². The summed E-state index contributed by atoms with van der Waals surface area (Å²) in [4.78, 5) is 14.1. The first kappa shape index (κ1) is 20.7. The number of carbonyl (C=O) groups is 1. The van der Waals surface area contributed by atoms with Gasteiger partial charge in [-0.15, -0.1) is 0 Å². The van der Waals surface area contributed by atoms with Crippen molar-refractivity contribution in [1.82, 2.24) is 10.2 Å². The molecule has 1 aromatic rings. The second-order valence-corrected chi connectivity index (χ2v) is 9.35. The molecule has 7 heteroatoms. The molecule has 142 valence electrons. The van der Waals surface area contributed by atoms with Crippen LogP contribution in [-0.2, 0) is 16.0 Å². The zero-order valence-corrected chi connectivity index (χ0v) is 18.0. The van der Waals surface area contributed by atoms with Crippen molar-refractivity contribution in [1.29, 1.82) is 0 Å². The number of likely N-dealkylation sites (tertiary alicyclic amines) is 1. The quantitative estimate of drug-likeness (QED) is 0.728. The van der Waals surface area contributed by atoms with E-state index in [2.05, 4.69) is 32.0 Å². The van der Waals surface area contributed by atoms with Gasteiger partial charge in [-0.2, -0.15) is 11.3 Å². The second kappa shape index (κ2) is 8.84. The highest BCUT2D eigenvalue weighted by Crippen LogP contribution is 2.32. The number of halogens is 1. The fourth-order valence-corrected chi connectivity index (χ4v) is 4.51. The molecule has 2 rings (SSSR count). The average molecular weight is 433 g/mol. The molecule has 0 radical (unpaired) electrons. The topological polar surface area (TPSA) is 50.8 Å². The number of thiophene rings is 1. The first-order valence-corrected chi connectivity index (χ1v) is 10.4. The highest BCUT2D eigenvalue weighted by atomic mass is 79.9. The Hall–Kier alpha value is -0.630. The lowest BCUT2D eigenvalue weighted by molar-refractivity contribution is -0.00661. The minimum atomic E-state index is -0.451. The summed E-state index contributed by atoms with van der Waals surface area (Å²) in [7, 11) is 1.75. The number of ether oxygens (including phenoxy) is 2. The monoisotopic (exact) mass is 432 g/mol. The van der Waals surface area contributed by atoms with Crippen LogP contribution in [0.5, 0.6) is 0 Å². The number of nitrogens with one attached hydrogen (secondary N) is 1. The van der Waals surface area contributed by atoms with Gasteiger partial charge >= 0.3 is 6.09 Å². The van der Waals surface area contributed by atoms with Crippen LogP contribution in [0.25, 0.3) is 0 Å². The van der Waals surface area contributed by atoms with Gasteiger partial charge in [0.05, 0.1) is 6.61 Å². The smallest absolute Gasteiger partial charge is 0.410 e. The highest BCUT2D eigenvalue weighted by molar-refractivity contribution is 9.10. The van der Waals surface area contributed by atoms with Gasteiger partial charge in [-0.25, -0.2) is 4.79 Å². The van der Waals surface area contributed by atoms with Gasteiger partial charge in [-0.1, -0.05) is 0 Å². The molecule has 0 spiro atoms. The number of piperidine rings is 1. The highest BCUT2D eigenvalue weighted by Gasteiger charge is 2.37. The van der Waals surface area contributed by atoms with E-state index >= 15 is 0 Å². The minimum absolute atomic E-state index is 0.0652. The molecule has 1 fully saturated rings. The molecule has 0 aliphatic carbocycles. The predicted octanol–water partition coefficient (Wildman–Crippen LogP) is 4.26. The first-order valence-electron chi connectivity index (χ1n) is 8.63. The van der Waals surface area contributed by atoms with E-state index in [0.29, 0.717) is 19.7 Å². The fraction of sp³-hybridized carbons (Fsp3) is 0.722. The molecule has 1 aliphatic heterocycles. The Kier molecular flexibility index (Phi) is 7.31. The molecule has 0 aromatic carbocycles. The van der Waals surface area contributed by atoms with Crippen molar-refractivity contribution in [3.05, 3.63) is 20.8 Å². The Labute approximate surface area is 163 Å². The number of rotatable bonds is 6. The molecule has 25 heavy (non-hydrogen) atoms. The Morgan fingerprint density at radius 2 is 2.04 bits per heavy atom. The summed E-state index contributed by atoms with van der Waals surface area (Å²) in [6.45, 7) is 9.54. The van der Waals surface area contributed by atoms with Crippen LogP contribution in [0.2, 0.25) is 0 Å². The number of nitrogens with zero attached hydrogens (tertiary/aromatic N) is 1. The Morgan fingerprint density at radius 1 is 1.36 bits per heavy atom. The van der Waals surface area contributed by atoms with Crippen LogP contribution < -0.4 is 5.32 Å². The van der Waals surface area contributed by atoms with Gasteiger partial charge in [0.15, 0.2) is 0 Å². The maximum atomic E-state index is 12.2. The number of hydrogen-bond donors (Lipinski definition) is 1. The molecule has 2 heterocycles. The summed E-state index contributed by atoms with van der Waals surface area (Å²) in [6.07, 6.45) is 1.61. The summed E-state index contributed by atoms with van der Waals surface area (Å²) in [5, 5.41) is 7.82. The number of amides is 1. The van der Waals surface area contributed by atoms with Crippen molar-refractivity contribution in [2.75, 3.05) is 33.4 Å². The van der Waals surface area contributed by atoms with Crippen LogP contribution in [0.1, 0.15) is 39.2 Å². The minimum Gasteiger partial charge on any atom is -0.444 e. The Balaban J connectivity index is 1.87. The second-order valence-electron chi connectivity index (χ2n) is 7.75. The van der Waals surface area contributed by atoms with E-state index in [0.717, 1.165) is 30.4 Å². The van der Waals surface area contributed by atoms with Crippen LogP contribution in [-0.4, -0.2) is 49.9 Å². The van der Waals surface area contributed by atoms with Gasteiger partial charge in [-0.3, -0.25) is 0 Å². The molecular formula is C18H29BrN2O3S. The van der Waals surface area contributed by atoms with Gasteiger partial charge in [0.25, 0.3) is 0 Å². The molecule has 1 aromatic heterocycles. The number of methoxy groups -OCH3 is 1. The van der Waals surface area contributed by atoms with E-state index in [-0.39, 0.29) is 11.5 Å². The molecule has 1 saturated heterocycles. The third-order valence-electron chi connectivity index (χ3n) is 4.43. The first-order chi connectivity index (χ1) is 11.7. The van der Waals surface area contributed by atoms with Crippen molar-refractivity contribution < 1.29 is 14.3 Å². The lowest BCUT2D eigenvalue weighted by Crippen LogP contribution is -2.50. The molecular weight excluding hydrogens is 404 g/mol. The normalized spacial score (nSPS) is 17.6. The van der Waals surface area contributed by atoms with Crippen molar-refractivity contribution in [3.8, 4) is 0 Å². The zero-order chi connectivity index (χ0) is 18.5. The SMILES string of the molecule is COCC1(CNCc2cscc2Br)CCN(C(=O)OC(C)(C)C)CC1. The third kappa shape index (κ3) is 6.24. The summed E-state index contributed by atoms with van der Waals surface area (Å²) < 4.78 is 12.1. The van der Waals surface area contributed by atoms with E-state index < -0.39 is 5.60 Å². The zero-order valence-electron chi connectivity index (χ0n) is 15.6. The Bertz CT molecular complexity index is 563. The molecule has 0 saturated carbocycles. The van der Waals surface area contributed by atoms with Crippen molar-refractivity contribution in [2.45, 2.75) is 45.8 Å². The molecule has 5 nitrogen and oxygen atoms in total. The summed E-state index contributed by atoms with van der Waals surface area (Å²) in [6, 6.07) is 0. The maximum Gasteiger partial charge on any atom is 0.410 e. The number of hydrogen-bond acceptors (Lipinski definition) is 5. The molecule has 1 N–H and O–H groups in total. The van der Waals surface area contributed by atoms with E-state index in [4.69, 9.17) is 9.47 Å². The molecule has 0 atom stereocenters. The molecule has 0 unspecified atom stereocenters. The summed E-state index contributed by atoms with van der Waals surface area (Å²) in [5.41, 5.74) is 0.896. The van der Waals surface area contributed by atoms with Gasteiger partial charge < -0.3 is 19.7 Å². The van der Waals surface area contributed by atoms with Gasteiger partial charge in [-0.05, 0) is 60.5 Å². The van der Waals surface area contributed by atoms with Crippen molar-refractivity contribution >= 4 is 33.4 Å². The van der Waals surface area contributed by atoms with Crippen molar-refractivity contribution in [2.24, 2.45) is 5.41 Å². The predicted molar refractivity (Wildman–Crippen MR) is 105 cm³/mol. The number of carbonyl (C=O) groups excluding carboxylic acids is 1. The largest absolute Gasteiger partial charge is 0.444 e. The lowest BCUT2D eigenvalue weighted by atomic mass is 9.79. The van der Waals surface area contributed by atoms with Crippen molar-refractivity contribution in [3.63, 3.8) is 0 Å². The summed E-state index contributed by atoms with van der Waals surface area (Å²) in [5.74, 6) is 0. The van der Waals surface area contributed by atoms with Crippen LogP contribution in [0, 0.1) is 5.41 Å². The molecule has 0 bridgehead atoms. The lowest BCUT2D eigenvalue weighted by Gasteiger charge is -2.41. The van der Waals surface area contributed by atoms with E-state index in [1.807, 2.05) is 25.7 Å². The van der Waals surface area contributed by atoms with E-state index in [9.17, 15) is 4.79 Å². The molecule has 1 aliphatic rings.